The molecule has 66 valence electrons. The molecular weight excluding hydrogens is 215 g/mol. The molecular formula is C7H12BrFO2. The molecule has 0 aliphatic heterocycles. The fourth-order valence-corrected chi connectivity index (χ4v) is 0.888. The van der Waals surface area contributed by atoms with Gasteiger partial charge >= 0.3 is 5.97 Å². The van der Waals surface area contributed by atoms with Gasteiger partial charge in [-0.3, -0.25) is 4.79 Å². The van der Waals surface area contributed by atoms with E-state index in [9.17, 15) is 9.18 Å². The van der Waals surface area contributed by atoms with Crippen LogP contribution in [0.3, 0.4) is 0 Å². The van der Waals surface area contributed by atoms with Crippen LogP contribution in [0, 0.1) is 0 Å². The molecule has 0 radical (unpaired) electrons. The first kappa shape index (κ1) is 10.9. The van der Waals surface area contributed by atoms with Gasteiger partial charge in [-0.05, 0) is 6.42 Å². The summed E-state index contributed by atoms with van der Waals surface area (Å²) < 4.78 is 16.9. The monoisotopic (exact) mass is 226 g/mol. The number of ether oxygens (including phenoxy) is 1. The van der Waals surface area contributed by atoms with Crippen LogP contribution in [-0.4, -0.2) is 17.7 Å². The van der Waals surface area contributed by atoms with E-state index in [-0.39, 0.29) is 12.8 Å². The van der Waals surface area contributed by atoms with Crippen LogP contribution >= 0.6 is 15.9 Å². The van der Waals surface area contributed by atoms with Gasteiger partial charge < -0.3 is 4.74 Å². The lowest BCUT2D eigenvalue weighted by Crippen LogP contribution is -2.13. The molecule has 4 heteroatoms. The van der Waals surface area contributed by atoms with Crippen molar-refractivity contribution < 1.29 is 13.9 Å². The molecule has 0 saturated heterocycles. The number of hydrogen-bond donors (Lipinski definition) is 0. The average Bonchev–Trinajstić information content (AvgIpc) is 1.87. The van der Waals surface area contributed by atoms with Crippen LogP contribution in [0.4, 0.5) is 4.39 Å². The highest BCUT2D eigenvalue weighted by Crippen LogP contribution is 2.05. The fraction of sp³-hybridized carbons (Fsp3) is 0.857. The van der Waals surface area contributed by atoms with Crippen molar-refractivity contribution in [3.05, 3.63) is 0 Å². The van der Waals surface area contributed by atoms with Gasteiger partial charge in [-0.1, -0.05) is 22.9 Å². The van der Waals surface area contributed by atoms with Crippen LogP contribution in [0.2, 0.25) is 0 Å². The number of carbonyl (C=O) groups is 1. The van der Waals surface area contributed by atoms with Gasteiger partial charge in [-0.15, -0.1) is 0 Å². The lowest BCUT2D eigenvalue weighted by Gasteiger charge is -2.07. The largest absolute Gasteiger partial charge is 0.431 e. The molecule has 1 atom stereocenters. The standard InChI is InChI=1S/C7H12BrFO2/c1-2-3-6(9)11-7(10)4-5-8/h6H,2-5H2,1H3. The number of alkyl halides is 2. The summed E-state index contributed by atoms with van der Waals surface area (Å²) in [6, 6.07) is 0. The normalized spacial score (nSPS) is 12.6. The van der Waals surface area contributed by atoms with Gasteiger partial charge in [0, 0.05) is 11.8 Å². The van der Waals surface area contributed by atoms with Crippen molar-refractivity contribution in [2.45, 2.75) is 32.5 Å². The van der Waals surface area contributed by atoms with Gasteiger partial charge in [0.15, 0.2) is 0 Å². The van der Waals surface area contributed by atoms with Gasteiger partial charge in [0.1, 0.15) is 0 Å². The van der Waals surface area contributed by atoms with E-state index in [2.05, 4.69) is 20.7 Å². The maximum absolute atomic E-state index is 12.5. The van der Waals surface area contributed by atoms with Crippen LogP contribution < -0.4 is 0 Å². The first-order valence-electron chi connectivity index (χ1n) is 3.60. The molecule has 0 N–H and O–H groups in total. The molecule has 0 aliphatic carbocycles. The fourth-order valence-electron chi connectivity index (χ4n) is 0.565. The molecule has 0 spiro atoms. The Morgan fingerprint density at radius 3 is 2.82 bits per heavy atom. The first-order chi connectivity index (χ1) is 5.20. The third kappa shape index (κ3) is 6.28. The number of hydrogen-bond acceptors (Lipinski definition) is 2. The van der Waals surface area contributed by atoms with Crippen LogP contribution in [0.15, 0.2) is 0 Å². The summed E-state index contributed by atoms with van der Waals surface area (Å²) in [5.74, 6) is -0.483. The van der Waals surface area contributed by atoms with E-state index in [1.807, 2.05) is 6.92 Å². The smallest absolute Gasteiger partial charge is 0.309 e. The molecule has 0 aromatic rings. The molecule has 0 amide bonds. The topological polar surface area (TPSA) is 26.3 Å². The van der Waals surface area contributed by atoms with Crippen LogP contribution in [0.25, 0.3) is 0 Å². The predicted molar refractivity (Wildman–Crippen MR) is 44.3 cm³/mol. The van der Waals surface area contributed by atoms with Crippen molar-refractivity contribution in [2.24, 2.45) is 0 Å². The zero-order valence-corrected chi connectivity index (χ0v) is 8.06. The number of esters is 1. The van der Waals surface area contributed by atoms with E-state index in [1.54, 1.807) is 0 Å². The van der Waals surface area contributed by atoms with Gasteiger partial charge in [-0.25, -0.2) is 4.39 Å². The van der Waals surface area contributed by atoms with E-state index in [0.717, 1.165) is 0 Å². The van der Waals surface area contributed by atoms with Crippen molar-refractivity contribution in [3.63, 3.8) is 0 Å². The van der Waals surface area contributed by atoms with Crippen molar-refractivity contribution >= 4 is 21.9 Å². The second kappa shape index (κ2) is 6.58. The molecule has 0 aliphatic rings. The zero-order chi connectivity index (χ0) is 8.69. The summed E-state index contributed by atoms with van der Waals surface area (Å²) >= 11 is 3.06. The second-order valence-electron chi connectivity index (χ2n) is 2.13. The summed E-state index contributed by atoms with van der Waals surface area (Å²) in [5.41, 5.74) is 0. The van der Waals surface area contributed by atoms with Gasteiger partial charge in [0.25, 0.3) is 0 Å². The molecule has 2 nitrogen and oxygen atoms in total. The van der Waals surface area contributed by atoms with Gasteiger partial charge in [0.2, 0.25) is 6.36 Å². The van der Waals surface area contributed by atoms with E-state index < -0.39 is 12.3 Å². The molecule has 11 heavy (non-hydrogen) atoms. The molecule has 0 saturated carbocycles. The number of halogens is 2. The maximum atomic E-state index is 12.5. The summed E-state index contributed by atoms with van der Waals surface area (Å²) in [4.78, 5) is 10.6. The Morgan fingerprint density at radius 1 is 1.73 bits per heavy atom. The molecule has 0 aromatic heterocycles. The highest BCUT2D eigenvalue weighted by molar-refractivity contribution is 9.09. The molecule has 0 rings (SSSR count). The first-order valence-corrected chi connectivity index (χ1v) is 4.72. The van der Waals surface area contributed by atoms with Crippen molar-refractivity contribution in [3.8, 4) is 0 Å². The summed E-state index contributed by atoms with van der Waals surface area (Å²) in [5, 5.41) is 0.519. The third-order valence-corrected chi connectivity index (χ3v) is 1.47. The lowest BCUT2D eigenvalue weighted by molar-refractivity contribution is -0.157. The minimum Gasteiger partial charge on any atom is -0.431 e. The Balaban J connectivity index is 3.40. The van der Waals surface area contributed by atoms with Crippen LogP contribution in [-0.2, 0) is 9.53 Å². The van der Waals surface area contributed by atoms with Crippen LogP contribution in [0.5, 0.6) is 0 Å². The second-order valence-corrected chi connectivity index (χ2v) is 2.92. The minimum absolute atomic E-state index is 0.226. The van der Waals surface area contributed by atoms with E-state index in [1.165, 1.54) is 0 Å². The Morgan fingerprint density at radius 2 is 2.36 bits per heavy atom. The predicted octanol–water partition coefficient (Wildman–Crippen LogP) is 2.41. The highest BCUT2D eigenvalue weighted by Gasteiger charge is 2.10. The summed E-state index contributed by atoms with van der Waals surface area (Å²) in [7, 11) is 0. The number of carbonyl (C=O) groups excluding carboxylic acids is 1. The van der Waals surface area contributed by atoms with Crippen molar-refractivity contribution in [1.29, 1.82) is 0 Å². The minimum atomic E-state index is -1.42. The molecule has 0 bridgehead atoms. The van der Waals surface area contributed by atoms with Crippen LogP contribution in [0.1, 0.15) is 26.2 Å². The maximum Gasteiger partial charge on any atom is 0.309 e. The van der Waals surface area contributed by atoms with Crippen molar-refractivity contribution in [2.75, 3.05) is 5.33 Å². The Kier molecular flexibility index (Phi) is 6.51. The number of rotatable bonds is 5. The van der Waals surface area contributed by atoms with E-state index in [0.29, 0.717) is 11.8 Å². The Labute approximate surface area is 74.2 Å². The molecule has 0 heterocycles. The third-order valence-electron chi connectivity index (χ3n) is 1.07. The average molecular weight is 227 g/mol. The van der Waals surface area contributed by atoms with Crippen molar-refractivity contribution in [1.82, 2.24) is 0 Å². The Bertz CT molecular complexity index is 119. The SMILES string of the molecule is CCCC(F)OC(=O)CCBr. The summed E-state index contributed by atoms with van der Waals surface area (Å²) in [6.45, 7) is 1.84. The van der Waals surface area contributed by atoms with E-state index >= 15 is 0 Å². The molecule has 0 aromatic carbocycles. The van der Waals surface area contributed by atoms with Gasteiger partial charge in [0.05, 0.1) is 6.42 Å². The summed E-state index contributed by atoms with van der Waals surface area (Å²) in [6.07, 6.45) is -0.229. The van der Waals surface area contributed by atoms with Gasteiger partial charge in [-0.2, -0.15) is 0 Å². The highest BCUT2D eigenvalue weighted by atomic mass is 79.9. The molecule has 1 unspecified atom stereocenters. The molecule has 0 fully saturated rings. The van der Waals surface area contributed by atoms with E-state index in [4.69, 9.17) is 0 Å². The quantitative estimate of drug-likeness (QED) is 0.532. The lowest BCUT2D eigenvalue weighted by atomic mass is 10.3. The zero-order valence-electron chi connectivity index (χ0n) is 6.48. The Hall–Kier alpha value is -0.120.